The number of carbonyl (C=O) groups is 1. The second-order valence-electron chi connectivity index (χ2n) is 5.14. The summed E-state index contributed by atoms with van der Waals surface area (Å²) in [4.78, 5) is 12.3. The van der Waals surface area contributed by atoms with Crippen molar-refractivity contribution in [2.45, 2.75) is 23.9 Å². The van der Waals surface area contributed by atoms with Crippen LogP contribution in [0.1, 0.15) is 12.5 Å². The molecule has 0 radical (unpaired) electrons. The van der Waals surface area contributed by atoms with Crippen LogP contribution in [0, 0.1) is 0 Å². The molecule has 1 amide bonds. The number of rotatable bonds is 7. The lowest BCUT2D eigenvalue weighted by atomic mass is 10.2. The minimum atomic E-state index is -0.389. The van der Waals surface area contributed by atoms with Crippen LogP contribution < -0.4 is 10.1 Å². The zero-order chi connectivity index (χ0) is 17.6. The van der Waals surface area contributed by atoms with Gasteiger partial charge in [-0.1, -0.05) is 30.0 Å². The molecule has 2 aromatic heterocycles. The summed E-state index contributed by atoms with van der Waals surface area (Å²) in [5.41, 5.74) is 0.911. The highest BCUT2D eigenvalue weighted by atomic mass is 32.2. The van der Waals surface area contributed by atoms with Gasteiger partial charge in [0.15, 0.2) is 5.76 Å². The van der Waals surface area contributed by atoms with Gasteiger partial charge in [0.1, 0.15) is 5.75 Å². The predicted molar refractivity (Wildman–Crippen MR) is 92.2 cm³/mol. The zero-order valence-corrected chi connectivity index (χ0v) is 14.6. The van der Waals surface area contributed by atoms with Crippen LogP contribution >= 0.6 is 11.8 Å². The number of carbonyl (C=O) groups excluding carboxylic acids is 1. The van der Waals surface area contributed by atoms with Crippen LogP contribution in [-0.4, -0.2) is 28.5 Å². The van der Waals surface area contributed by atoms with Crippen LogP contribution in [0.5, 0.6) is 5.75 Å². The Morgan fingerprint density at radius 2 is 2.12 bits per heavy atom. The molecule has 0 aliphatic heterocycles. The summed E-state index contributed by atoms with van der Waals surface area (Å²) in [5.74, 6) is 1.39. The molecule has 0 aliphatic carbocycles. The number of para-hydroxylation sites is 1. The van der Waals surface area contributed by atoms with Crippen molar-refractivity contribution in [3.05, 3.63) is 48.2 Å². The van der Waals surface area contributed by atoms with Gasteiger partial charge in [0.2, 0.25) is 5.91 Å². The number of nitrogens with one attached hydrogen (secondary N) is 1. The van der Waals surface area contributed by atoms with Gasteiger partial charge in [-0.25, -0.2) is 0 Å². The Morgan fingerprint density at radius 1 is 1.28 bits per heavy atom. The first-order chi connectivity index (χ1) is 12.2. The van der Waals surface area contributed by atoms with Gasteiger partial charge in [-0.3, -0.25) is 4.79 Å². The molecule has 25 heavy (non-hydrogen) atoms. The van der Waals surface area contributed by atoms with E-state index in [-0.39, 0.29) is 17.0 Å². The summed E-state index contributed by atoms with van der Waals surface area (Å²) in [5, 5.41) is 10.6. The van der Waals surface area contributed by atoms with Gasteiger partial charge in [0, 0.05) is 12.1 Å². The van der Waals surface area contributed by atoms with E-state index in [1.807, 2.05) is 24.3 Å². The van der Waals surface area contributed by atoms with Crippen molar-refractivity contribution in [2.24, 2.45) is 0 Å². The van der Waals surface area contributed by atoms with E-state index < -0.39 is 0 Å². The third kappa shape index (κ3) is 4.21. The summed E-state index contributed by atoms with van der Waals surface area (Å²) in [6, 6.07) is 11.0. The lowest BCUT2D eigenvalue weighted by Gasteiger charge is -2.12. The molecule has 3 rings (SSSR count). The van der Waals surface area contributed by atoms with Crippen molar-refractivity contribution in [1.82, 2.24) is 15.5 Å². The van der Waals surface area contributed by atoms with Crippen molar-refractivity contribution in [1.29, 1.82) is 0 Å². The SMILES string of the molecule is COc1ccccc1CNC(=O)[C@H](C)Sc1nnc(-c2ccco2)o1. The summed E-state index contributed by atoms with van der Waals surface area (Å²) >= 11 is 1.19. The molecule has 0 unspecified atom stereocenters. The molecular weight excluding hydrogens is 342 g/mol. The first-order valence-corrected chi connectivity index (χ1v) is 8.49. The largest absolute Gasteiger partial charge is 0.496 e. The fourth-order valence-corrected chi connectivity index (χ4v) is 2.84. The van der Waals surface area contributed by atoms with Crippen LogP contribution in [0.3, 0.4) is 0 Å². The molecule has 0 spiro atoms. The minimum absolute atomic E-state index is 0.131. The summed E-state index contributed by atoms with van der Waals surface area (Å²) in [7, 11) is 1.60. The van der Waals surface area contributed by atoms with Crippen LogP contribution in [0.2, 0.25) is 0 Å². The zero-order valence-electron chi connectivity index (χ0n) is 13.8. The molecular formula is C17H17N3O4S. The molecule has 2 heterocycles. The number of ether oxygens (including phenoxy) is 1. The quantitative estimate of drug-likeness (QED) is 0.648. The van der Waals surface area contributed by atoms with Gasteiger partial charge in [0.05, 0.1) is 18.6 Å². The van der Waals surface area contributed by atoms with Crippen LogP contribution in [0.4, 0.5) is 0 Å². The van der Waals surface area contributed by atoms with Crippen LogP contribution in [0.25, 0.3) is 11.7 Å². The van der Waals surface area contributed by atoms with E-state index in [1.165, 1.54) is 18.0 Å². The highest BCUT2D eigenvalue weighted by molar-refractivity contribution is 8.00. The van der Waals surface area contributed by atoms with Crippen LogP contribution in [0.15, 0.2) is 56.7 Å². The first kappa shape index (κ1) is 17.1. The Kier molecular flexibility index (Phi) is 5.39. The topological polar surface area (TPSA) is 90.4 Å². The van der Waals surface area contributed by atoms with Gasteiger partial charge in [-0.15, -0.1) is 10.2 Å². The van der Waals surface area contributed by atoms with E-state index in [0.29, 0.717) is 17.5 Å². The highest BCUT2D eigenvalue weighted by Crippen LogP contribution is 2.26. The van der Waals surface area contributed by atoms with Gasteiger partial charge >= 0.3 is 0 Å². The van der Waals surface area contributed by atoms with E-state index in [2.05, 4.69) is 15.5 Å². The van der Waals surface area contributed by atoms with Gasteiger partial charge in [-0.2, -0.15) is 0 Å². The van der Waals surface area contributed by atoms with Crippen molar-refractivity contribution in [2.75, 3.05) is 7.11 Å². The van der Waals surface area contributed by atoms with E-state index in [0.717, 1.165) is 11.3 Å². The molecule has 1 atom stereocenters. The van der Waals surface area contributed by atoms with Gasteiger partial charge < -0.3 is 18.9 Å². The number of nitrogens with zero attached hydrogens (tertiary/aromatic N) is 2. The molecule has 0 saturated carbocycles. The molecule has 3 aromatic rings. The van der Waals surface area contributed by atoms with E-state index in [9.17, 15) is 4.79 Å². The average Bonchev–Trinajstić information content (AvgIpc) is 3.31. The number of hydrogen-bond acceptors (Lipinski definition) is 7. The summed E-state index contributed by atoms with van der Waals surface area (Å²) in [6.45, 7) is 2.16. The lowest BCUT2D eigenvalue weighted by Crippen LogP contribution is -2.30. The molecule has 0 fully saturated rings. The van der Waals surface area contributed by atoms with E-state index in [1.54, 1.807) is 26.2 Å². The maximum Gasteiger partial charge on any atom is 0.284 e. The fraction of sp³-hybridized carbons (Fsp3) is 0.235. The Bertz CT molecular complexity index is 832. The molecule has 0 saturated heterocycles. The average molecular weight is 359 g/mol. The number of methoxy groups -OCH3 is 1. The minimum Gasteiger partial charge on any atom is -0.496 e. The number of thioether (sulfide) groups is 1. The number of amides is 1. The molecule has 1 N–H and O–H groups in total. The second-order valence-corrected chi connectivity index (χ2v) is 6.43. The summed E-state index contributed by atoms with van der Waals surface area (Å²) < 4.78 is 16.0. The maximum atomic E-state index is 12.3. The normalized spacial score (nSPS) is 11.9. The van der Waals surface area contributed by atoms with Crippen molar-refractivity contribution >= 4 is 17.7 Å². The van der Waals surface area contributed by atoms with Crippen molar-refractivity contribution in [3.63, 3.8) is 0 Å². The number of benzene rings is 1. The third-order valence-electron chi connectivity index (χ3n) is 3.43. The maximum absolute atomic E-state index is 12.3. The predicted octanol–water partition coefficient (Wildman–Crippen LogP) is 3.14. The molecule has 8 heteroatoms. The first-order valence-electron chi connectivity index (χ1n) is 7.61. The van der Waals surface area contributed by atoms with E-state index in [4.69, 9.17) is 13.6 Å². The number of furan rings is 1. The monoisotopic (exact) mass is 359 g/mol. The van der Waals surface area contributed by atoms with Crippen LogP contribution in [-0.2, 0) is 11.3 Å². The van der Waals surface area contributed by atoms with Gasteiger partial charge in [0.25, 0.3) is 11.1 Å². The van der Waals surface area contributed by atoms with E-state index >= 15 is 0 Å². The standard InChI is InChI=1S/C17H17N3O4S/c1-11(15(21)18-10-12-6-3-4-7-13(12)22-2)25-17-20-19-16(24-17)14-8-5-9-23-14/h3-9,11H,10H2,1-2H3,(H,18,21)/t11-/m0/s1. The number of aromatic nitrogens is 2. The lowest BCUT2D eigenvalue weighted by molar-refractivity contribution is -0.120. The Hall–Kier alpha value is -2.74. The highest BCUT2D eigenvalue weighted by Gasteiger charge is 2.19. The smallest absolute Gasteiger partial charge is 0.284 e. The molecule has 0 bridgehead atoms. The Labute approximate surface area is 148 Å². The van der Waals surface area contributed by atoms with Gasteiger partial charge in [-0.05, 0) is 25.1 Å². The molecule has 1 aromatic carbocycles. The molecule has 7 nitrogen and oxygen atoms in total. The van der Waals surface area contributed by atoms with Crippen molar-refractivity contribution in [3.8, 4) is 17.4 Å². The van der Waals surface area contributed by atoms with Crippen molar-refractivity contribution < 1.29 is 18.4 Å². The third-order valence-corrected chi connectivity index (χ3v) is 4.37. The Balaban J connectivity index is 1.56. The fourth-order valence-electron chi connectivity index (χ4n) is 2.14. The molecule has 0 aliphatic rings. The number of hydrogen-bond donors (Lipinski definition) is 1. The summed E-state index contributed by atoms with van der Waals surface area (Å²) in [6.07, 6.45) is 1.53. The second kappa shape index (κ2) is 7.89. The Morgan fingerprint density at radius 3 is 2.88 bits per heavy atom. The molecule has 130 valence electrons.